The lowest BCUT2D eigenvalue weighted by atomic mass is 10.0. The van der Waals surface area contributed by atoms with Crippen LogP contribution in [0.15, 0.2) is 0 Å². The van der Waals surface area contributed by atoms with Gasteiger partial charge in [0.05, 0.1) is 0 Å². The summed E-state index contributed by atoms with van der Waals surface area (Å²) < 4.78 is 5.31. The normalized spacial score (nSPS) is 38.5. The molecule has 5 heteroatoms. The highest BCUT2D eigenvalue weighted by Gasteiger charge is 2.46. The van der Waals surface area contributed by atoms with E-state index in [1.807, 2.05) is 11.8 Å². The summed E-state index contributed by atoms with van der Waals surface area (Å²) in [5.41, 5.74) is 0. The second kappa shape index (κ2) is 5.35. The highest BCUT2D eigenvalue weighted by Crippen LogP contribution is 2.34. The molecule has 3 aliphatic heterocycles. The van der Waals surface area contributed by atoms with E-state index in [4.69, 9.17) is 4.74 Å². The van der Waals surface area contributed by atoms with E-state index in [1.54, 1.807) is 6.92 Å². The molecule has 0 N–H and O–H groups in total. The molecule has 3 saturated heterocycles. The maximum atomic E-state index is 12.0. The fraction of sp³-hybridized carbons (Fsp3) is 0.867. The zero-order valence-electron chi connectivity index (χ0n) is 12.4. The van der Waals surface area contributed by atoms with Crippen LogP contribution in [-0.2, 0) is 14.3 Å². The van der Waals surface area contributed by atoms with Gasteiger partial charge in [0.15, 0.2) is 0 Å². The quantitative estimate of drug-likeness (QED) is 0.712. The Balaban J connectivity index is 1.75. The lowest BCUT2D eigenvalue weighted by molar-refractivity contribution is -0.145. The van der Waals surface area contributed by atoms with E-state index in [2.05, 4.69) is 4.90 Å². The van der Waals surface area contributed by atoms with Crippen molar-refractivity contribution in [2.24, 2.45) is 0 Å². The number of cyclic esters (lactones) is 1. The fourth-order valence-electron chi connectivity index (χ4n) is 4.20. The fourth-order valence-corrected chi connectivity index (χ4v) is 4.20. The zero-order chi connectivity index (χ0) is 14.3. The van der Waals surface area contributed by atoms with Crippen LogP contribution in [0.4, 0.5) is 0 Å². The van der Waals surface area contributed by atoms with Crippen LogP contribution < -0.4 is 0 Å². The van der Waals surface area contributed by atoms with E-state index in [9.17, 15) is 9.59 Å². The van der Waals surface area contributed by atoms with Crippen molar-refractivity contribution in [2.45, 2.75) is 70.2 Å². The lowest BCUT2D eigenvalue weighted by Gasteiger charge is -2.36. The molecule has 4 atom stereocenters. The minimum atomic E-state index is -0.0908. The smallest absolute Gasteiger partial charge is 0.323 e. The van der Waals surface area contributed by atoms with E-state index in [0.29, 0.717) is 12.1 Å². The van der Waals surface area contributed by atoms with Gasteiger partial charge in [-0.1, -0.05) is 0 Å². The Morgan fingerprint density at radius 1 is 1.20 bits per heavy atom. The number of likely N-dealkylation sites (tertiary alicyclic amines) is 2. The zero-order valence-corrected chi connectivity index (χ0v) is 12.4. The maximum Gasteiger partial charge on any atom is 0.323 e. The van der Waals surface area contributed by atoms with Crippen LogP contribution >= 0.6 is 0 Å². The summed E-state index contributed by atoms with van der Waals surface area (Å²) >= 11 is 0. The number of carbonyl (C=O) groups is 2. The van der Waals surface area contributed by atoms with Crippen molar-refractivity contribution in [2.75, 3.05) is 13.1 Å². The van der Waals surface area contributed by atoms with E-state index in [-0.39, 0.29) is 24.0 Å². The number of esters is 1. The SMILES string of the molecule is CC(=O)N1CCC[C@@H]1[C@@H]1CCCN1[C@H]1C[C@H](C)OC1=O. The summed E-state index contributed by atoms with van der Waals surface area (Å²) in [6.07, 6.45) is 5.18. The number of hydrogen-bond donors (Lipinski definition) is 0. The summed E-state index contributed by atoms with van der Waals surface area (Å²) in [5, 5.41) is 0. The number of hydrogen-bond acceptors (Lipinski definition) is 4. The molecule has 3 rings (SSSR count). The minimum Gasteiger partial charge on any atom is -0.461 e. The molecule has 112 valence electrons. The van der Waals surface area contributed by atoms with E-state index < -0.39 is 0 Å². The summed E-state index contributed by atoms with van der Waals surface area (Å²) in [7, 11) is 0. The third kappa shape index (κ3) is 2.32. The van der Waals surface area contributed by atoms with Gasteiger partial charge in [0.1, 0.15) is 12.1 Å². The van der Waals surface area contributed by atoms with Gasteiger partial charge in [-0.15, -0.1) is 0 Å². The molecule has 3 aliphatic rings. The Kier molecular flexibility index (Phi) is 3.71. The number of amides is 1. The van der Waals surface area contributed by atoms with Crippen LogP contribution in [0.3, 0.4) is 0 Å². The van der Waals surface area contributed by atoms with Gasteiger partial charge >= 0.3 is 5.97 Å². The average molecular weight is 280 g/mol. The Bertz CT molecular complexity index is 412. The monoisotopic (exact) mass is 280 g/mol. The molecular formula is C15H24N2O3. The lowest BCUT2D eigenvalue weighted by Crippen LogP contribution is -2.52. The molecule has 0 bridgehead atoms. The van der Waals surface area contributed by atoms with Crippen LogP contribution in [0.5, 0.6) is 0 Å². The van der Waals surface area contributed by atoms with Gasteiger partial charge < -0.3 is 9.64 Å². The molecule has 0 aromatic heterocycles. The average Bonchev–Trinajstić information content (AvgIpc) is 3.06. The van der Waals surface area contributed by atoms with Crippen molar-refractivity contribution in [3.63, 3.8) is 0 Å². The predicted molar refractivity (Wildman–Crippen MR) is 74.1 cm³/mol. The van der Waals surface area contributed by atoms with Crippen molar-refractivity contribution < 1.29 is 14.3 Å². The molecular weight excluding hydrogens is 256 g/mol. The Morgan fingerprint density at radius 3 is 2.55 bits per heavy atom. The van der Waals surface area contributed by atoms with Gasteiger partial charge in [-0.3, -0.25) is 14.5 Å². The number of nitrogens with zero attached hydrogens (tertiary/aromatic N) is 2. The first kappa shape index (κ1) is 13.9. The van der Waals surface area contributed by atoms with E-state index >= 15 is 0 Å². The van der Waals surface area contributed by atoms with Gasteiger partial charge in [0.25, 0.3) is 0 Å². The molecule has 5 nitrogen and oxygen atoms in total. The maximum absolute atomic E-state index is 12.0. The van der Waals surface area contributed by atoms with Gasteiger partial charge in [-0.25, -0.2) is 0 Å². The van der Waals surface area contributed by atoms with Crippen LogP contribution in [0, 0.1) is 0 Å². The van der Waals surface area contributed by atoms with Crippen molar-refractivity contribution in [3.05, 3.63) is 0 Å². The van der Waals surface area contributed by atoms with Crippen molar-refractivity contribution in [1.82, 2.24) is 9.80 Å². The van der Waals surface area contributed by atoms with Crippen LogP contribution in [-0.4, -0.2) is 59.0 Å². The third-order valence-electron chi connectivity index (χ3n) is 5.03. The van der Waals surface area contributed by atoms with Crippen molar-refractivity contribution in [1.29, 1.82) is 0 Å². The predicted octanol–water partition coefficient (Wildman–Crippen LogP) is 1.17. The minimum absolute atomic E-state index is 0.0289. The first-order chi connectivity index (χ1) is 9.58. The Labute approximate surface area is 120 Å². The van der Waals surface area contributed by atoms with Crippen LogP contribution in [0.1, 0.15) is 46.0 Å². The summed E-state index contributed by atoms with van der Waals surface area (Å²) in [6.45, 7) is 5.44. The summed E-state index contributed by atoms with van der Waals surface area (Å²) in [4.78, 5) is 28.1. The molecule has 0 aromatic rings. The van der Waals surface area contributed by atoms with E-state index in [0.717, 1.165) is 45.2 Å². The molecule has 0 spiro atoms. The molecule has 1 amide bonds. The molecule has 0 aromatic carbocycles. The molecule has 0 unspecified atom stereocenters. The third-order valence-corrected chi connectivity index (χ3v) is 5.03. The summed E-state index contributed by atoms with van der Waals surface area (Å²) in [5.74, 6) is 0.0958. The number of ether oxygens (including phenoxy) is 1. The number of carbonyl (C=O) groups excluding carboxylic acids is 2. The molecule has 0 saturated carbocycles. The highest BCUT2D eigenvalue weighted by atomic mass is 16.6. The van der Waals surface area contributed by atoms with E-state index in [1.165, 1.54) is 0 Å². The first-order valence-electron chi connectivity index (χ1n) is 7.81. The van der Waals surface area contributed by atoms with Crippen molar-refractivity contribution >= 4 is 11.9 Å². The van der Waals surface area contributed by atoms with Gasteiger partial charge in [-0.05, 0) is 39.2 Å². The topological polar surface area (TPSA) is 49.9 Å². The van der Waals surface area contributed by atoms with Crippen LogP contribution in [0.25, 0.3) is 0 Å². The second-order valence-corrected chi connectivity index (χ2v) is 6.37. The standard InChI is InChI=1S/C15H24N2O3/c1-10-9-14(15(19)20-10)17-8-4-6-13(17)12-5-3-7-16(12)11(2)18/h10,12-14H,3-9H2,1-2H3/t10-,12+,13-,14-/m0/s1. The number of rotatable bonds is 2. The Morgan fingerprint density at radius 2 is 1.90 bits per heavy atom. The molecule has 3 heterocycles. The largest absolute Gasteiger partial charge is 0.461 e. The van der Waals surface area contributed by atoms with Gasteiger partial charge in [-0.2, -0.15) is 0 Å². The molecule has 0 radical (unpaired) electrons. The summed E-state index contributed by atoms with van der Waals surface area (Å²) in [6, 6.07) is 0.537. The first-order valence-corrected chi connectivity index (χ1v) is 7.81. The van der Waals surface area contributed by atoms with Gasteiger partial charge in [0, 0.05) is 32.0 Å². The van der Waals surface area contributed by atoms with Gasteiger partial charge in [0.2, 0.25) is 5.91 Å². The van der Waals surface area contributed by atoms with Crippen LogP contribution in [0.2, 0.25) is 0 Å². The van der Waals surface area contributed by atoms with Crippen molar-refractivity contribution in [3.8, 4) is 0 Å². The molecule has 20 heavy (non-hydrogen) atoms. The highest BCUT2D eigenvalue weighted by molar-refractivity contribution is 5.78. The Hall–Kier alpha value is -1.10. The molecule has 3 fully saturated rings. The molecule has 0 aliphatic carbocycles. The second-order valence-electron chi connectivity index (χ2n) is 6.37.